The van der Waals surface area contributed by atoms with E-state index in [1.54, 1.807) is 16.9 Å². The number of anilines is 1. The van der Waals surface area contributed by atoms with Crippen LogP contribution in [0, 0.1) is 11.3 Å². The van der Waals surface area contributed by atoms with E-state index in [9.17, 15) is 10.1 Å². The fraction of sp³-hybridized carbons (Fsp3) is 0.481. The summed E-state index contributed by atoms with van der Waals surface area (Å²) in [6, 6.07) is 8.16. The van der Waals surface area contributed by atoms with Crippen LogP contribution in [-0.4, -0.2) is 64.5 Å². The average Bonchev–Trinajstić information content (AvgIpc) is 3.32. The SMILES string of the molecule is CCOc1cc(-c2ccc(N3CCC(C)(NC(=O)C4(N)CCOCC4)CC3)nc2)c2c(C#N)cnn2c1.Cl.Cl. The van der Waals surface area contributed by atoms with E-state index in [4.69, 9.17) is 20.2 Å². The van der Waals surface area contributed by atoms with Gasteiger partial charge in [-0.05, 0) is 57.7 Å². The Morgan fingerprint density at radius 2 is 1.92 bits per heavy atom. The van der Waals surface area contributed by atoms with Crippen molar-refractivity contribution in [3.63, 3.8) is 0 Å². The predicted octanol–water partition coefficient (Wildman–Crippen LogP) is 3.49. The lowest BCUT2D eigenvalue weighted by Gasteiger charge is -2.43. The molecule has 2 fully saturated rings. The normalized spacial score (nSPS) is 17.8. The molecule has 210 valence electrons. The van der Waals surface area contributed by atoms with Gasteiger partial charge in [0.25, 0.3) is 0 Å². The molecule has 39 heavy (non-hydrogen) atoms. The van der Waals surface area contributed by atoms with Crippen LogP contribution in [-0.2, 0) is 9.53 Å². The van der Waals surface area contributed by atoms with Crippen molar-refractivity contribution in [1.82, 2.24) is 19.9 Å². The summed E-state index contributed by atoms with van der Waals surface area (Å²) in [4.78, 5) is 19.9. The number of nitriles is 1. The molecule has 0 aliphatic carbocycles. The van der Waals surface area contributed by atoms with Crippen LogP contribution in [0.25, 0.3) is 16.6 Å². The van der Waals surface area contributed by atoms with Crippen LogP contribution in [0.15, 0.2) is 36.8 Å². The molecule has 0 atom stereocenters. The molecule has 0 saturated carbocycles. The number of nitrogens with two attached hydrogens (primary N) is 1. The molecule has 2 aliphatic rings. The van der Waals surface area contributed by atoms with E-state index in [0.29, 0.717) is 44.0 Å². The monoisotopic (exact) mass is 575 g/mol. The zero-order valence-electron chi connectivity index (χ0n) is 22.2. The van der Waals surface area contributed by atoms with Gasteiger partial charge in [-0.3, -0.25) is 4.79 Å². The van der Waals surface area contributed by atoms with E-state index in [1.807, 2.05) is 31.3 Å². The first-order valence-corrected chi connectivity index (χ1v) is 12.8. The lowest BCUT2D eigenvalue weighted by molar-refractivity contribution is -0.131. The van der Waals surface area contributed by atoms with E-state index < -0.39 is 5.54 Å². The summed E-state index contributed by atoms with van der Waals surface area (Å²) >= 11 is 0. The molecule has 0 spiro atoms. The minimum atomic E-state index is -0.846. The van der Waals surface area contributed by atoms with Crippen molar-refractivity contribution in [2.45, 2.75) is 50.6 Å². The molecule has 0 aromatic carbocycles. The molecule has 5 rings (SSSR count). The van der Waals surface area contributed by atoms with Gasteiger partial charge in [-0.2, -0.15) is 10.4 Å². The van der Waals surface area contributed by atoms with Crippen molar-refractivity contribution >= 4 is 42.1 Å². The molecule has 3 aromatic heterocycles. The highest BCUT2D eigenvalue weighted by molar-refractivity contribution is 5.87. The highest BCUT2D eigenvalue weighted by Crippen LogP contribution is 2.32. The Hall–Kier alpha value is -3.10. The number of aromatic nitrogens is 3. The molecule has 2 aliphatic heterocycles. The topological polar surface area (TPSA) is 131 Å². The lowest BCUT2D eigenvalue weighted by Crippen LogP contribution is -2.63. The summed E-state index contributed by atoms with van der Waals surface area (Å²) in [6.45, 7) is 7.15. The Labute approximate surface area is 240 Å². The Balaban J connectivity index is 0.00000210. The van der Waals surface area contributed by atoms with Gasteiger partial charge in [0.2, 0.25) is 5.91 Å². The third-order valence-electron chi connectivity index (χ3n) is 7.52. The predicted molar refractivity (Wildman–Crippen MR) is 154 cm³/mol. The maximum absolute atomic E-state index is 12.9. The fourth-order valence-electron chi connectivity index (χ4n) is 5.09. The van der Waals surface area contributed by atoms with Crippen LogP contribution in [0.5, 0.6) is 5.75 Å². The number of amides is 1. The molecular formula is C27H35Cl2N7O3. The van der Waals surface area contributed by atoms with E-state index in [1.165, 1.54) is 0 Å². The number of nitrogens with zero attached hydrogens (tertiary/aromatic N) is 5. The summed E-state index contributed by atoms with van der Waals surface area (Å²) in [5.41, 5.74) is 8.19. The Bertz CT molecular complexity index is 1330. The average molecular weight is 577 g/mol. The number of halogens is 2. The van der Waals surface area contributed by atoms with Crippen molar-refractivity contribution in [3.8, 4) is 22.9 Å². The van der Waals surface area contributed by atoms with E-state index in [2.05, 4.69) is 28.3 Å². The van der Waals surface area contributed by atoms with Crippen molar-refractivity contribution in [2.24, 2.45) is 5.73 Å². The van der Waals surface area contributed by atoms with Gasteiger partial charge in [-0.25, -0.2) is 9.50 Å². The number of carbonyl (C=O) groups is 1. The second-order valence-corrected chi connectivity index (χ2v) is 10.2. The van der Waals surface area contributed by atoms with Gasteiger partial charge in [0, 0.05) is 49.2 Å². The summed E-state index contributed by atoms with van der Waals surface area (Å²) in [7, 11) is 0. The molecule has 5 heterocycles. The molecule has 12 heteroatoms. The van der Waals surface area contributed by atoms with Gasteiger partial charge in [0.05, 0.1) is 35.6 Å². The number of pyridine rings is 2. The molecule has 3 aromatic rings. The van der Waals surface area contributed by atoms with Crippen molar-refractivity contribution < 1.29 is 14.3 Å². The van der Waals surface area contributed by atoms with Crippen molar-refractivity contribution in [3.05, 3.63) is 42.4 Å². The molecule has 3 N–H and O–H groups in total. The van der Waals surface area contributed by atoms with Gasteiger partial charge >= 0.3 is 0 Å². The first-order chi connectivity index (χ1) is 17.8. The number of rotatable bonds is 6. The second kappa shape index (κ2) is 12.4. The molecule has 0 unspecified atom stereocenters. The maximum Gasteiger partial charge on any atom is 0.240 e. The minimum Gasteiger partial charge on any atom is -0.492 e. The Kier molecular flexibility index (Phi) is 9.67. The smallest absolute Gasteiger partial charge is 0.240 e. The summed E-state index contributed by atoms with van der Waals surface area (Å²) in [6.07, 6.45) is 7.86. The van der Waals surface area contributed by atoms with Crippen LogP contribution < -0.4 is 20.7 Å². The zero-order valence-corrected chi connectivity index (χ0v) is 23.8. The third-order valence-corrected chi connectivity index (χ3v) is 7.52. The molecular weight excluding hydrogens is 541 g/mol. The van der Waals surface area contributed by atoms with Crippen LogP contribution in [0.2, 0.25) is 0 Å². The van der Waals surface area contributed by atoms with Gasteiger partial charge in [-0.1, -0.05) is 0 Å². The maximum atomic E-state index is 12.9. The van der Waals surface area contributed by atoms with E-state index in [-0.39, 0.29) is 36.3 Å². The number of nitrogens with one attached hydrogen (secondary N) is 1. The third kappa shape index (κ3) is 6.23. The first-order valence-electron chi connectivity index (χ1n) is 12.8. The molecule has 2 saturated heterocycles. The van der Waals surface area contributed by atoms with Crippen molar-refractivity contribution in [2.75, 3.05) is 37.8 Å². The first kappa shape index (κ1) is 30.4. The van der Waals surface area contributed by atoms with Crippen LogP contribution >= 0.6 is 24.8 Å². The van der Waals surface area contributed by atoms with Gasteiger partial charge < -0.3 is 25.4 Å². The number of fused-ring (bicyclic) bond motifs is 1. The number of carbonyl (C=O) groups excluding carboxylic acids is 1. The van der Waals surface area contributed by atoms with Crippen LogP contribution in [0.1, 0.15) is 45.1 Å². The summed E-state index contributed by atoms with van der Waals surface area (Å²) < 4.78 is 12.8. The van der Waals surface area contributed by atoms with E-state index in [0.717, 1.165) is 48.4 Å². The Morgan fingerprint density at radius 1 is 1.21 bits per heavy atom. The molecule has 0 radical (unpaired) electrons. The number of piperidine rings is 1. The van der Waals surface area contributed by atoms with Gasteiger partial charge in [0.1, 0.15) is 17.6 Å². The summed E-state index contributed by atoms with van der Waals surface area (Å²) in [5.74, 6) is 1.48. The van der Waals surface area contributed by atoms with Crippen LogP contribution in [0.4, 0.5) is 5.82 Å². The quantitative estimate of drug-likeness (QED) is 0.456. The standard InChI is InChI=1S/C27H33N7O3.2ClH/c1-3-37-21-14-22(24-20(15-28)17-31-34(24)18-21)19-4-5-23(30-16-19)33-10-6-26(2,7-11-33)32-25(35)27(29)8-12-36-13-9-27;;/h4-5,14,16-18H,3,6-13,29H2,1-2H3,(H,32,35);2*1H. The molecule has 1 amide bonds. The van der Waals surface area contributed by atoms with Gasteiger partial charge in [0.15, 0.2) is 0 Å². The Morgan fingerprint density at radius 3 is 2.54 bits per heavy atom. The minimum absolute atomic E-state index is 0. The molecule has 0 bridgehead atoms. The van der Waals surface area contributed by atoms with Gasteiger partial charge in [-0.15, -0.1) is 24.8 Å². The summed E-state index contributed by atoms with van der Waals surface area (Å²) in [5, 5.41) is 17.1. The lowest BCUT2D eigenvalue weighted by atomic mass is 9.85. The van der Waals surface area contributed by atoms with Crippen molar-refractivity contribution in [1.29, 1.82) is 5.26 Å². The second-order valence-electron chi connectivity index (χ2n) is 10.2. The van der Waals surface area contributed by atoms with E-state index >= 15 is 0 Å². The zero-order chi connectivity index (χ0) is 26.0. The largest absolute Gasteiger partial charge is 0.492 e. The molecule has 10 nitrogen and oxygen atoms in total. The highest BCUT2D eigenvalue weighted by Gasteiger charge is 2.40. The number of ether oxygens (including phenoxy) is 2. The fourth-order valence-corrected chi connectivity index (χ4v) is 5.09. The number of hydrogen-bond acceptors (Lipinski definition) is 8. The highest BCUT2D eigenvalue weighted by atomic mass is 35.5. The van der Waals surface area contributed by atoms with Crippen LogP contribution in [0.3, 0.4) is 0 Å². The number of hydrogen-bond donors (Lipinski definition) is 2.